The van der Waals surface area contributed by atoms with Crippen molar-refractivity contribution in [3.8, 4) is 0 Å². The Morgan fingerprint density at radius 3 is 2.55 bits per heavy atom. The van der Waals surface area contributed by atoms with Gasteiger partial charge in [-0.2, -0.15) is 0 Å². The van der Waals surface area contributed by atoms with E-state index >= 15 is 0 Å². The molecule has 0 saturated heterocycles. The van der Waals surface area contributed by atoms with Gasteiger partial charge in [0, 0.05) is 0 Å². The molecule has 0 amide bonds. The second-order valence-electron chi connectivity index (χ2n) is 2.48. The standard InChI is InChI=1S/C9H12OSi/c1-8(2)10-11-9-6-4-3-5-7-9/h3-7H,1,11H2,2H3. The van der Waals surface area contributed by atoms with E-state index in [4.69, 9.17) is 4.43 Å². The zero-order chi connectivity index (χ0) is 8.10. The summed E-state index contributed by atoms with van der Waals surface area (Å²) < 4.78 is 5.37. The minimum Gasteiger partial charge on any atom is -0.549 e. The highest BCUT2D eigenvalue weighted by atomic mass is 28.2. The lowest BCUT2D eigenvalue weighted by Gasteiger charge is -2.03. The third kappa shape index (κ3) is 3.05. The summed E-state index contributed by atoms with van der Waals surface area (Å²) in [5.41, 5.74) is 0. The molecular weight excluding hydrogens is 152 g/mol. The van der Waals surface area contributed by atoms with E-state index in [9.17, 15) is 0 Å². The Morgan fingerprint density at radius 2 is 2.00 bits per heavy atom. The highest BCUT2D eigenvalue weighted by Crippen LogP contribution is 1.88. The van der Waals surface area contributed by atoms with Gasteiger partial charge in [0.05, 0.1) is 5.76 Å². The van der Waals surface area contributed by atoms with Gasteiger partial charge in [0.2, 0.25) is 0 Å². The van der Waals surface area contributed by atoms with Gasteiger partial charge < -0.3 is 4.43 Å². The van der Waals surface area contributed by atoms with Crippen molar-refractivity contribution in [3.05, 3.63) is 42.7 Å². The topological polar surface area (TPSA) is 9.23 Å². The molecule has 0 saturated carbocycles. The number of rotatable bonds is 3. The second-order valence-corrected chi connectivity index (χ2v) is 3.87. The van der Waals surface area contributed by atoms with Crippen LogP contribution in [-0.4, -0.2) is 9.76 Å². The van der Waals surface area contributed by atoms with Gasteiger partial charge in [0.25, 0.3) is 9.76 Å². The number of hydrogen-bond acceptors (Lipinski definition) is 1. The van der Waals surface area contributed by atoms with Gasteiger partial charge in [-0.15, -0.1) is 0 Å². The lowest BCUT2D eigenvalue weighted by Crippen LogP contribution is -2.15. The molecule has 0 unspecified atom stereocenters. The van der Waals surface area contributed by atoms with Crippen molar-refractivity contribution in [2.75, 3.05) is 0 Å². The fourth-order valence-corrected chi connectivity index (χ4v) is 1.66. The average Bonchev–Trinajstić information content (AvgIpc) is 2.03. The van der Waals surface area contributed by atoms with Gasteiger partial charge in [-0.05, 0) is 12.1 Å². The van der Waals surface area contributed by atoms with Crippen LogP contribution in [-0.2, 0) is 4.43 Å². The maximum absolute atomic E-state index is 5.37. The van der Waals surface area contributed by atoms with Gasteiger partial charge in [0.1, 0.15) is 0 Å². The summed E-state index contributed by atoms with van der Waals surface area (Å²) in [6.45, 7) is 5.57. The molecule has 0 fully saturated rings. The Kier molecular flexibility index (Phi) is 2.92. The van der Waals surface area contributed by atoms with E-state index in [1.165, 1.54) is 5.19 Å². The largest absolute Gasteiger partial charge is 0.549 e. The van der Waals surface area contributed by atoms with Crippen LogP contribution in [0, 0.1) is 0 Å². The first-order chi connectivity index (χ1) is 5.29. The monoisotopic (exact) mass is 164 g/mol. The first-order valence-electron chi connectivity index (χ1n) is 3.61. The molecule has 0 heterocycles. The summed E-state index contributed by atoms with van der Waals surface area (Å²) in [5.74, 6) is 0.820. The molecule has 0 atom stereocenters. The lowest BCUT2D eigenvalue weighted by molar-refractivity contribution is 0.466. The van der Waals surface area contributed by atoms with Crippen molar-refractivity contribution in [2.24, 2.45) is 0 Å². The van der Waals surface area contributed by atoms with Crippen LogP contribution in [0.5, 0.6) is 0 Å². The van der Waals surface area contributed by atoms with Gasteiger partial charge in [-0.25, -0.2) is 0 Å². The molecule has 0 spiro atoms. The van der Waals surface area contributed by atoms with Crippen LogP contribution in [0.3, 0.4) is 0 Å². The van der Waals surface area contributed by atoms with E-state index in [0.717, 1.165) is 5.76 Å². The molecule has 0 N–H and O–H groups in total. The molecule has 58 valence electrons. The number of allylic oxidation sites excluding steroid dienone is 1. The van der Waals surface area contributed by atoms with Crippen molar-refractivity contribution < 1.29 is 4.43 Å². The quantitative estimate of drug-likeness (QED) is 0.477. The summed E-state index contributed by atoms with van der Waals surface area (Å²) >= 11 is 0. The van der Waals surface area contributed by atoms with E-state index in [1.54, 1.807) is 0 Å². The summed E-state index contributed by atoms with van der Waals surface area (Å²) in [6.07, 6.45) is 0. The van der Waals surface area contributed by atoms with E-state index in [0.29, 0.717) is 0 Å². The number of hydrogen-bond donors (Lipinski definition) is 0. The molecule has 0 bridgehead atoms. The first-order valence-corrected chi connectivity index (χ1v) is 4.90. The molecule has 0 aliphatic rings. The predicted octanol–water partition coefficient (Wildman–Crippen LogP) is 0.946. The molecule has 0 aliphatic heterocycles. The maximum Gasteiger partial charge on any atom is 0.250 e. The summed E-state index contributed by atoms with van der Waals surface area (Å²) in [7, 11) is -0.558. The minimum atomic E-state index is -0.558. The Balaban J connectivity index is 2.45. The van der Waals surface area contributed by atoms with E-state index in [-0.39, 0.29) is 0 Å². The van der Waals surface area contributed by atoms with Crippen LogP contribution in [0.2, 0.25) is 0 Å². The Bertz CT molecular complexity index is 231. The molecule has 1 nitrogen and oxygen atoms in total. The molecule has 0 aliphatic carbocycles. The van der Waals surface area contributed by atoms with E-state index < -0.39 is 9.76 Å². The molecular formula is C9H12OSi. The molecule has 1 aromatic carbocycles. The molecule has 0 radical (unpaired) electrons. The summed E-state index contributed by atoms with van der Waals surface area (Å²) in [4.78, 5) is 0. The van der Waals surface area contributed by atoms with Crippen LogP contribution < -0.4 is 5.19 Å². The molecule has 0 aromatic heterocycles. The Labute approximate surface area is 69.6 Å². The Morgan fingerprint density at radius 1 is 1.36 bits per heavy atom. The van der Waals surface area contributed by atoms with Crippen LogP contribution in [0.4, 0.5) is 0 Å². The van der Waals surface area contributed by atoms with E-state index in [2.05, 4.69) is 18.7 Å². The SMILES string of the molecule is C=C(C)O[SiH2]c1ccccc1. The molecule has 2 heteroatoms. The normalized spacial score (nSPS) is 10.3. The van der Waals surface area contributed by atoms with Crippen LogP contribution in [0.1, 0.15) is 6.92 Å². The fraction of sp³-hybridized carbons (Fsp3) is 0.111. The zero-order valence-corrected chi connectivity index (χ0v) is 8.12. The van der Waals surface area contributed by atoms with Crippen LogP contribution in [0.25, 0.3) is 0 Å². The minimum absolute atomic E-state index is 0.558. The zero-order valence-electron chi connectivity index (χ0n) is 6.71. The first kappa shape index (κ1) is 8.08. The average molecular weight is 164 g/mol. The van der Waals surface area contributed by atoms with Crippen molar-refractivity contribution >= 4 is 14.9 Å². The van der Waals surface area contributed by atoms with Gasteiger partial charge in [0.15, 0.2) is 0 Å². The van der Waals surface area contributed by atoms with Gasteiger partial charge in [-0.3, -0.25) is 0 Å². The molecule has 1 rings (SSSR count). The third-order valence-electron chi connectivity index (χ3n) is 1.33. The Hall–Kier alpha value is -1.02. The summed E-state index contributed by atoms with van der Waals surface area (Å²) in [6, 6.07) is 10.3. The van der Waals surface area contributed by atoms with Gasteiger partial charge in [-0.1, -0.05) is 36.9 Å². The molecule has 1 aromatic rings. The fourth-order valence-electron chi connectivity index (χ4n) is 0.781. The smallest absolute Gasteiger partial charge is 0.250 e. The number of benzene rings is 1. The maximum atomic E-state index is 5.37. The van der Waals surface area contributed by atoms with Crippen molar-refractivity contribution in [1.29, 1.82) is 0 Å². The second kappa shape index (κ2) is 3.98. The van der Waals surface area contributed by atoms with Crippen molar-refractivity contribution in [1.82, 2.24) is 0 Å². The third-order valence-corrected chi connectivity index (χ3v) is 2.77. The highest BCUT2D eigenvalue weighted by Gasteiger charge is 1.91. The summed E-state index contributed by atoms with van der Waals surface area (Å²) in [5, 5.41) is 1.32. The highest BCUT2D eigenvalue weighted by molar-refractivity contribution is 6.47. The van der Waals surface area contributed by atoms with E-state index in [1.807, 2.05) is 25.1 Å². The van der Waals surface area contributed by atoms with Crippen LogP contribution in [0.15, 0.2) is 42.7 Å². The lowest BCUT2D eigenvalue weighted by atomic mass is 10.4. The van der Waals surface area contributed by atoms with Crippen molar-refractivity contribution in [3.63, 3.8) is 0 Å². The van der Waals surface area contributed by atoms with Crippen LogP contribution >= 0.6 is 0 Å². The predicted molar refractivity (Wildman–Crippen MR) is 50.5 cm³/mol. The van der Waals surface area contributed by atoms with Gasteiger partial charge >= 0.3 is 0 Å². The van der Waals surface area contributed by atoms with Crippen molar-refractivity contribution in [2.45, 2.75) is 6.92 Å². The molecule has 11 heavy (non-hydrogen) atoms.